The minimum absolute atomic E-state index is 0.0511. The molecule has 0 atom stereocenters. The molecule has 0 aliphatic heterocycles. The van der Waals surface area contributed by atoms with Crippen molar-refractivity contribution in [1.29, 1.82) is 5.26 Å². The number of hydrogen-bond donors (Lipinski definition) is 2. The van der Waals surface area contributed by atoms with Crippen LogP contribution in [0.25, 0.3) is 0 Å². The third-order valence-electron chi connectivity index (χ3n) is 2.96. The second-order valence-electron chi connectivity index (χ2n) is 4.55. The summed E-state index contributed by atoms with van der Waals surface area (Å²) in [7, 11) is 1.62. The first-order chi connectivity index (χ1) is 10.2. The lowest BCUT2D eigenvalue weighted by Gasteiger charge is -2.20. The number of nitrogens with zero attached hydrogens (tertiary/aromatic N) is 2. The van der Waals surface area contributed by atoms with Crippen molar-refractivity contribution in [3.8, 4) is 6.07 Å². The molecule has 21 heavy (non-hydrogen) atoms. The summed E-state index contributed by atoms with van der Waals surface area (Å²) in [4.78, 5) is 13.8. The zero-order valence-corrected chi connectivity index (χ0v) is 12.2. The number of nitrogens with one attached hydrogen (secondary N) is 1. The molecule has 0 radical (unpaired) electrons. The Labute approximate surface area is 124 Å². The molecular formula is C15H21N3O3. The first-order valence-electron chi connectivity index (χ1n) is 6.81. The molecular weight excluding hydrogens is 270 g/mol. The standard InChI is InChI=1S/C15H21N3O3/c1-21-10-8-18(7-9-19)6-5-15(20)17-14-4-2-3-13(11-14)12-16/h2-4,11,19H,5-10H2,1H3,(H,17,20). The van der Waals surface area contributed by atoms with Gasteiger partial charge in [0.05, 0.1) is 24.8 Å². The Morgan fingerprint density at radius 1 is 1.43 bits per heavy atom. The fourth-order valence-electron chi connectivity index (χ4n) is 1.85. The van der Waals surface area contributed by atoms with Crippen molar-refractivity contribution in [2.45, 2.75) is 6.42 Å². The summed E-state index contributed by atoms with van der Waals surface area (Å²) < 4.78 is 4.99. The largest absolute Gasteiger partial charge is 0.395 e. The number of benzene rings is 1. The van der Waals surface area contributed by atoms with E-state index < -0.39 is 0 Å². The molecule has 6 nitrogen and oxygen atoms in total. The van der Waals surface area contributed by atoms with Crippen LogP contribution in [0.4, 0.5) is 5.69 Å². The zero-order chi connectivity index (χ0) is 15.5. The molecule has 6 heteroatoms. The van der Waals surface area contributed by atoms with E-state index in [1.54, 1.807) is 31.4 Å². The summed E-state index contributed by atoms with van der Waals surface area (Å²) in [6.45, 7) is 2.35. The topological polar surface area (TPSA) is 85.6 Å². The van der Waals surface area contributed by atoms with Gasteiger partial charge in [0.1, 0.15) is 0 Å². The van der Waals surface area contributed by atoms with Crippen LogP contribution in [0.5, 0.6) is 0 Å². The highest BCUT2D eigenvalue weighted by Crippen LogP contribution is 2.10. The number of carbonyl (C=O) groups is 1. The SMILES string of the molecule is COCCN(CCO)CCC(=O)Nc1cccc(C#N)c1. The van der Waals surface area contributed by atoms with Gasteiger partial charge in [0, 0.05) is 38.9 Å². The minimum Gasteiger partial charge on any atom is -0.395 e. The van der Waals surface area contributed by atoms with Crippen molar-refractivity contribution in [2.24, 2.45) is 0 Å². The molecule has 0 fully saturated rings. The lowest BCUT2D eigenvalue weighted by molar-refractivity contribution is -0.116. The van der Waals surface area contributed by atoms with E-state index in [1.807, 2.05) is 11.0 Å². The third-order valence-corrected chi connectivity index (χ3v) is 2.96. The average Bonchev–Trinajstić information content (AvgIpc) is 2.50. The molecule has 0 heterocycles. The van der Waals surface area contributed by atoms with E-state index in [2.05, 4.69) is 5.32 Å². The summed E-state index contributed by atoms with van der Waals surface area (Å²) >= 11 is 0. The summed E-state index contributed by atoms with van der Waals surface area (Å²) in [6, 6.07) is 8.82. The van der Waals surface area contributed by atoms with Crippen LogP contribution in [-0.2, 0) is 9.53 Å². The highest BCUT2D eigenvalue weighted by atomic mass is 16.5. The molecule has 0 aliphatic carbocycles. The molecule has 0 aliphatic rings. The predicted octanol–water partition coefficient (Wildman–Crippen LogP) is 0.828. The zero-order valence-electron chi connectivity index (χ0n) is 12.2. The number of aliphatic hydroxyl groups excluding tert-OH is 1. The van der Waals surface area contributed by atoms with Gasteiger partial charge in [0.15, 0.2) is 0 Å². The van der Waals surface area contributed by atoms with Crippen LogP contribution in [0.3, 0.4) is 0 Å². The average molecular weight is 291 g/mol. The van der Waals surface area contributed by atoms with Gasteiger partial charge in [-0.25, -0.2) is 0 Å². The Bertz CT molecular complexity index is 485. The van der Waals surface area contributed by atoms with Crippen molar-refractivity contribution in [3.05, 3.63) is 29.8 Å². The van der Waals surface area contributed by atoms with Gasteiger partial charge < -0.3 is 15.2 Å². The second kappa shape index (κ2) is 9.88. The first-order valence-corrected chi connectivity index (χ1v) is 6.81. The minimum atomic E-state index is -0.120. The van der Waals surface area contributed by atoms with Crippen LogP contribution in [0.2, 0.25) is 0 Å². The maximum Gasteiger partial charge on any atom is 0.225 e. The van der Waals surface area contributed by atoms with Crippen molar-refractivity contribution in [1.82, 2.24) is 4.90 Å². The van der Waals surface area contributed by atoms with Gasteiger partial charge in [-0.2, -0.15) is 5.26 Å². The van der Waals surface area contributed by atoms with Gasteiger partial charge in [0.2, 0.25) is 5.91 Å². The van der Waals surface area contributed by atoms with Gasteiger partial charge >= 0.3 is 0 Å². The summed E-state index contributed by atoms with van der Waals surface area (Å²) in [5.41, 5.74) is 1.12. The molecule has 1 aromatic carbocycles. The molecule has 0 saturated heterocycles. The molecule has 2 N–H and O–H groups in total. The number of methoxy groups -OCH3 is 1. The molecule has 114 valence electrons. The van der Waals surface area contributed by atoms with E-state index in [9.17, 15) is 4.79 Å². The Morgan fingerprint density at radius 2 is 2.24 bits per heavy atom. The van der Waals surface area contributed by atoms with E-state index in [4.69, 9.17) is 15.1 Å². The number of anilines is 1. The number of rotatable bonds is 9. The van der Waals surface area contributed by atoms with Crippen molar-refractivity contribution < 1.29 is 14.6 Å². The van der Waals surface area contributed by atoms with Crippen molar-refractivity contribution >= 4 is 11.6 Å². The Balaban J connectivity index is 2.43. The third kappa shape index (κ3) is 6.86. The fraction of sp³-hybridized carbons (Fsp3) is 0.467. The summed E-state index contributed by atoms with van der Waals surface area (Å²) in [5.74, 6) is -0.120. The highest BCUT2D eigenvalue weighted by molar-refractivity contribution is 5.90. The smallest absolute Gasteiger partial charge is 0.225 e. The van der Waals surface area contributed by atoms with Crippen molar-refractivity contribution in [3.63, 3.8) is 0 Å². The molecule has 1 rings (SSSR count). The van der Waals surface area contributed by atoms with E-state index >= 15 is 0 Å². The maximum absolute atomic E-state index is 11.9. The predicted molar refractivity (Wildman–Crippen MR) is 79.8 cm³/mol. The van der Waals surface area contributed by atoms with Gasteiger partial charge in [-0.15, -0.1) is 0 Å². The number of hydrogen-bond acceptors (Lipinski definition) is 5. The van der Waals surface area contributed by atoms with E-state index in [0.717, 1.165) is 0 Å². The molecule has 1 aromatic rings. The molecule has 1 amide bonds. The van der Waals surface area contributed by atoms with Crippen LogP contribution >= 0.6 is 0 Å². The lowest BCUT2D eigenvalue weighted by Crippen LogP contribution is -2.33. The van der Waals surface area contributed by atoms with Crippen LogP contribution in [0, 0.1) is 11.3 Å². The van der Waals surface area contributed by atoms with E-state index in [-0.39, 0.29) is 12.5 Å². The first kappa shape index (κ1) is 17.1. The van der Waals surface area contributed by atoms with Crippen LogP contribution in [0.15, 0.2) is 24.3 Å². The van der Waals surface area contributed by atoms with Crippen molar-refractivity contribution in [2.75, 3.05) is 45.3 Å². The molecule has 0 saturated carbocycles. The number of ether oxygens (including phenoxy) is 1. The molecule has 0 unspecified atom stereocenters. The Kier molecular flexibility index (Phi) is 8.05. The van der Waals surface area contributed by atoms with E-state index in [1.165, 1.54) is 0 Å². The molecule has 0 aromatic heterocycles. The number of carbonyl (C=O) groups excluding carboxylic acids is 1. The monoisotopic (exact) mass is 291 g/mol. The van der Waals surface area contributed by atoms with Crippen LogP contribution in [0.1, 0.15) is 12.0 Å². The van der Waals surface area contributed by atoms with Gasteiger partial charge in [-0.05, 0) is 18.2 Å². The quantitative estimate of drug-likeness (QED) is 0.704. The van der Waals surface area contributed by atoms with Crippen LogP contribution < -0.4 is 5.32 Å². The highest BCUT2D eigenvalue weighted by Gasteiger charge is 2.08. The lowest BCUT2D eigenvalue weighted by atomic mass is 10.2. The summed E-state index contributed by atoms with van der Waals surface area (Å²) in [5, 5.41) is 20.5. The number of nitriles is 1. The Hall–Kier alpha value is -1.94. The Morgan fingerprint density at radius 3 is 2.90 bits per heavy atom. The molecule has 0 bridgehead atoms. The maximum atomic E-state index is 11.9. The number of amides is 1. The normalized spacial score (nSPS) is 10.4. The van der Waals surface area contributed by atoms with Gasteiger partial charge in [-0.1, -0.05) is 6.07 Å². The van der Waals surface area contributed by atoms with Gasteiger partial charge in [0.25, 0.3) is 0 Å². The molecule has 0 spiro atoms. The summed E-state index contributed by atoms with van der Waals surface area (Å²) in [6.07, 6.45) is 0.320. The van der Waals surface area contributed by atoms with E-state index in [0.29, 0.717) is 43.9 Å². The number of aliphatic hydroxyl groups is 1. The fourth-order valence-corrected chi connectivity index (χ4v) is 1.85. The van der Waals surface area contributed by atoms with Crippen LogP contribution in [-0.4, -0.2) is 55.9 Å². The second-order valence-corrected chi connectivity index (χ2v) is 4.55. The van der Waals surface area contributed by atoms with Gasteiger partial charge in [-0.3, -0.25) is 9.69 Å².